The van der Waals surface area contributed by atoms with Gasteiger partial charge in [-0.2, -0.15) is 11.3 Å². The van der Waals surface area contributed by atoms with E-state index in [4.69, 9.17) is 0 Å². The predicted octanol–water partition coefficient (Wildman–Crippen LogP) is 3.08. The molecule has 1 fully saturated rings. The first-order chi connectivity index (χ1) is 12.0. The largest absolute Gasteiger partial charge is 0.350 e. The molecule has 0 bridgehead atoms. The molecule has 1 N–H and O–H groups in total. The molecule has 2 aromatic rings. The van der Waals surface area contributed by atoms with Gasteiger partial charge in [-0.05, 0) is 54.9 Å². The molecule has 5 heteroatoms. The summed E-state index contributed by atoms with van der Waals surface area (Å²) < 4.78 is 0. The van der Waals surface area contributed by atoms with Crippen LogP contribution in [0, 0.1) is 13.8 Å². The minimum Gasteiger partial charge on any atom is -0.350 e. The summed E-state index contributed by atoms with van der Waals surface area (Å²) >= 11 is 1.72. The van der Waals surface area contributed by atoms with Gasteiger partial charge in [-0.3, -0.25) is 9.69 Å². The van der Waals surface area contributed by atoms with Crippen LogP contribution in [0.3, 0.4) is 0 Å². The molecule has 25 heavy (non-hydrogen) atoms. The summed E-state index contributed by atoms with van der Waals surface area (Å²) in [7, 11) is 2.17. The van der Waals surface area contributed by atoms with E-state index < -0.39 is 0 Å². The molecule has 0 radical (unpaired) electrons. The number of nitrogens with zero attached hydrogens (tertiary/aromatic N) is 2. The Balaban J connectivity index is 1.69. The third-order valence-electron chi connectivity index (χ3n) is 4.99. The highest BCUT2D eigenvalue weighted by Gasteiger charge is 2.25. The summed E-state index contributed by atoms with van der Waals surface area (Å²) in [6, 6.07) is 8.41. The molecule has 1 atom stereocenters. The van der Waals surface area contributed by atoms with Gasteiger partial charge in [-0.1, -0.05) is 17.7 Å². The van der Waals surface area contributed by atoms with Crippen LogP contribution in [0.15, 0.2) is 35.0 Å². The second kappa shape index (κ2) is 8.13. The van der Waals surface area contributed by atoms with Gasteiger partial charge in [0.05, 0.1) is 6.04 Å². The Morgan fingerprint density at radius 2 is 1.96 bits per heavy atom. The molecule has 1 unspecified atom stereocenters. The number of rotatable bonds is 5. The second-order valence-electron chi connectivity index (χ2n) is 6.94. The van der Waals surface area contributed by atoms with E-state index in [-0.39, 0.29) is 11.9 Å². The number of hydrogen-bond acceptors (Lipinski definition) is 4. The highest BCUT2D eigenvalue weighted by atomic mass is 32.1. The van der Waals surface area contributed by atoms with Crippen molar-refractivity contribution in [3.63, 3.8) is 0 Å². The number of carbonyl (C=O) groups excluding carboxylic acids is 1. The highest BCUT2D eigenvalue weighted by molar-refractivity contribution is 7.07. The van der Waals surface area contributed by atoms with Crippen LogP contribution in [0.5, 0.6) is 0 Å². The molecule has 1 saturated heterocycles. The van der Waals surface area contributed by atoms with Crippen molar-refractivity contribution in [2.24, 2.45) is 0 Å². The van der Waals surface area contributed by atoms with Gasteiger partial charge in [-0.15, -0.1) is 0 Å². The Hall–Kier alpha value is -1.69. The number of thiophene rings is 1. The van der Waals surface area contributed by atoms with E-state index in [0.29, 0.717) is 6.54 Å². The smallest absolute Gasteiger partial charge is 0.251 e. The normalized spacial score (nSPS) is 17.4. The van der Waals surface area contributed by atoms with Crippen molar-refractivity contribution in [1.29, 1.82) is 0 Å². The maximum absolute atomic E-state index is 12.7. The summed E-state index contributed by atoms with van der Waals surface area (Å²) in [6.07, 6.45) is 0. The fraction of sp³-hybridized carbons (Fsp3) is 0.450. The molecule has 2 heterocycles. The Morgan fingerprint density at radius 1 is 1.20 bits per heavy atom. The Bertz CT molecular complexity index is 706. The topological polar surface area (TPSA) is 35.6 Å². The van der Waals surface area contributed by atoms with Crippen LogP contribution in [-0.4, -0.2) is 55.5 Å². The van der Waals surface area contributed by atoms with Crippen LogP contribution in [0.25, 0.3) is 0 Å². The van der Waals surface area contributed by atoms with Crippen molar-refractivity contribution in [1.82, 2.24) is 15.1 Å². The molecule has 1 amide bonds. The van der Waals surface area contributed by atoms with Crippen LogP contribution in [0.1, 0.15) is 33.1 Å². The number of benzene rings is 1. The van der Waals surface area contributed by atoms with Crippen molar-refractivity contribution in [2.75, 3.05) is 39.8 Å². The lowest BCUT2D eigenvalue weighted by atomic mass is 10.0. The zero-order valence-electron chi connectivity index (χ0n) is 15.3. The lowest BCUT2D eigenvalue weighted by Gasteiger charge is -2.38. The minimum absolute atomic E-state index is 0.0202. The van der Waals surface area contributed by atoms with Crippen LogP contribution < -0.4 is 5.32 Å². The van der Waals surface area contributed by atoms with Crippen LogP contribution in [0.4, 0.5) is 0 Å². The molecular weight excluding hydrogens is 330 g/mol. The Morgan fingerprint density at radius 3 is 2.60 bits per heavy atom. The first-order valence-corrected chi connectivity index (χ1v) is 9.79. The molecule has 3 rings (SSSR count). The van der Waals surface area contributed by atoms with Crippen LogP contribution in [-0.2, 0) is 0 Å². The van der Waals surface area contributed by atoms with Gasteiger partial charge < -0.3 is 10.2 Å². The number of amides is 1. The van der Waals surface area contributed by atoms with Crippen molar-refractivity contribution >= 4 is 17.2 Å². The van der Waals surface area contributed by atoms with Gasteiger partial charge in [0.2, 0.25) is 0 Å². The maximum atomic E-state index is 12.7. The Kier molecular flexibility index (Phi) is 5.89. The SMILES string of the molecule is Cc1ccc(C(=O)NCC(c2ccsc2)N2CCN(C)CC2)c(C)c1. The average Bonchev–Trinajstić information content (AvgIpc) is 3.10. The zero-order chi connectivity index (χ0) is 17.8. The number of hydrogen-bond donors (Lipinski definition) is 1. The number of aryl methyl sites for hydroxylation is 2. The standard InChI is InChI=1S/C20H27N3OS/c1-15-4-5-18(16(2)12-15)20(24)21-13-19(17-6-11-25-14-17)23-9-7-22(3)8-10-23/h4-6,11-12,14,19H,7-10,13H2,1-3H3,(H,21,24). The predicted molar refractivity (Wildman–Crippen MR) is 104 cm³/mol. The lowest BCUT2D eigenvalue weighted by Crippen LogP contribution is -2.48. The van der Waals surface area contributed by atoms with Crippen LogP contribution in [0.2, 0.25) is 0 Å². The average molecular weight is 358 g/mol. The quantitative estimate of drug-likeness (QED) is 0.893. The van der Waals surface area contributed by atoms with Gasteiger partial charge >= 0.3 is 0 Å². The van der Waals surface area contributed by atoms with E-state index in [2.05, 4.69) is 52.0 Å². The van der Waals surface area contributed by atoms with Crippen molar-refractivity contribution < 1.29 is 4.79 Å². The molecule has 1 aliphatic heterocycles. The van der Waals surface area contributed by atoms with E-state index in [9.17, 15) is 4.79 Å². The summed E-state index contributed by atoms with van der Waals surface area (Å²) in [5, 5.41) is 7.48. The van der Waals surface area contributed by atoms with E-state index in [1.54, 1.807) is 11.3 Å². The fourth-order valence-corrected chi connectivity index (χ4v) is 4.12. The molecule has 0 aliphatic carbocycles. The van der Waals surface area contributed by atoms with Crippen molar-refractivity contribution in [2.45, 2.75) is 19.9 Å². The summed E-state index contributed by atoms with van der Waals surface area (Å²) in [5.41, 5.74) is 4.29. The van der Waals surface area contributed by atoms with Crippen LogP contribution >= 0.6 is 11.3 Å². The summed E-state index contributed by atoms with van der Waals surface area (Å²) in [5.74, 6) is 0.0202. The third-order valence-corrected chi connectivity index (χ3v) is 5.69. The van der Waals surface area contributed by atoms with E-state index in [1.165, 1.54) is 11.1 Å². The Labute approximate surface area is 154 Å². The first kappa shape index (κ1) is 18.1. The minimum atomic E-state index is 0.0202. The van der Waals surface area contributed by atoms with Crippen molar-refractivity contribution in [3.05, 3.63) is 57.3 Å². The zero-order valence-corrected chi connectivity index (χ0v) is 16.1. The van der Waals surface area contributed by atoms with Gasteiger partial charge in [-0.25, -0.2) is 0 Å². The third kappa shape index (κ3) is 4.48. The molecule has 1 aliphatic rings. The molecule has 1 aromatic heterocycles. The van der Waals surface area contributed by atoms with E-state index >= 15 is 0 Å². The molecule has 0 spiro atoms. The van der Waals surface area contributed by atoms with Gasteiger partial charge in [0, 0.05) is 38.3 Å². The van der Waals surface area contributed by atoms with Gasteiger partial charge in [0.25, 0.3) is 5.91 Å². The maximum Gasteiger partial charge on any atom is 0.251 e. The van der Waals surface area contributed by atoms with Crippen molar-refractivity contribution in [3.8, 4) is 0 Å². The first-order valence-electron chi connectivity index (χ1n) is 8.85. The lowest BCUT2D eigenvalue weighted by molar-refractivity contribution is 0.0886. The second-order valence-corrected chi connectivity index (χ2v) is 7.72. The number of piperazine rings is 1. The summed E-state index contributed by atoms with van der Waals surface area (Å²) in [4.78, 5) is 17.5. The molecule has 1 aromatic carbocycles. The van der Waals surface area contributed by atoms with E-state index in [0.717, 1.165) is 37.3 Å². The molecular formula is C20H27N3OS. The monoisotopic (exact) mass is 357 g/mol. The molecule has 134 valence electrons. The van der Waals surface area contributed by atoms with Gasteiger partial charge in [0.1, 0.15) is 0 Å². The number of likely N-dealkylation sites (N-methyl/N-ethyl adjacent to an activating group) is 1. The van der Waals surface area contributed by atoms with E-state index in [1.807, 2.05) is 19.1 Å². The molecule has 0 saturated carbocycles. The number of carbonyl (C=O) groups is 1. The number of nitrogens with one attached hydrogen (secondary N) is 1. The van der Waals surface area contributed by atoms with Gasteiger partial charge in [0.15, 0.2) is 0 Å². The fourth-order valence-electron chi connectivity index (χ4n) is 3.41. The highest BCUT2D eigenvalue weighted by Crippen LogP contribution is 2.24. The molecule has 4 nitrogen and oxygen atoms in total. The summed E-state index contributed by atoms with van der Waals surface area (Å²) in [6.45, 7) is 8.92.